The number of fused-ring (bicyclic) bond motifs is 1. The van der Waals surface area contributed by atoms with Crippen molar-refractivity contribution in [3.8, 4) is 0 Å². The Morgan fingerprint density at radius 1 is 1.07 bits per heavy atom. The van der Waals surface area contributed by atoms with E-state index >= 15 is 0 Å². The first kappa shape index (κ1) is 17.8. The van der Waals surface area contributed by atoms with E-state index < -0.39 is 35.7 Å². The minimum atomic E-state index is -4.48. The maximum atomic E-state index is 13.4. The average Bonchev–Trinajstić information content (AvgIpc) is 3.22. The fourth-order valence-corrected chi connectivity index (χ4v) is 4.06. The van der Waals surface area contributed by atoms with Gasteiger partial charge in [0.2, 0.25) is 0 Å². The van der Waals surface area contributed by atoms with Crippen LogP contribution < -0.4 is 0 Å². The van der Waals surface area contributed by atoms with Gasteiger partial charge >= 0.3 is 12.3 Å². The number of carbonyl (C=O) groups excluding carboxylic acids is 1. The molecule has 0 aliphatic carbocycles. The van der Waals surface area contributed by atoms with Gasteiger partial charge in [-0.25, -0.2) is 9.18 Å². The molecule has 7 heteroatoms. The number of cyclic esters (lactones) is 1. The molecule has 27 heavy (non-hydrogen) atoms. The fourth-order valence-electron chi connectivity index (χ4n) is 4.06. The molecule has 2 aromatic rings. The number of nitrogens with zero attached hydrogens (tertiary/aromatic N) is 1. The maximum absolute atomic E-state index is 13.4. The van der Waals surface area contributed by atoms with Gasteiger partial charge in [0.1, 0.15) is 11.9 Å². The Bertz CT molecular complexity index is 850. The summed E-state index contributed by atoms with van der Waals surface area (Å²) in [6.07, 6.45) is -3.98. The molecule has 0 unspecified atom stereocenters. The molecule has 2 saturated heterocycles. The van der Waals surface area contributed by atoms with Crippen LogP contribution in [0.5, 0.6) is 0 Å². The minimum absolute atomic E-state index is 0.193. The average molecular weight is 379 g/mol. The van der Waals surface area contributed by atoms with Gasteiger partial charge < -0.3 is 9.64 Å². The third kappa shape index (κ3) is 3.26. The molecule has 0 aromatic heterocycles. The predicted octanol–water partition coefficient (Wildman–Crippen LogP) is 4.96. The molecule has 0 bridgehead atoms. The molecule has 2 heterocycles. The molecule has 2 aliphatic rings. The molecule has 2 aliphatic heterocycles. The van der Waals surface area contributed by atoms with Crippen molar-refractivity contribution < 1.29 is 27.1 Å². The number of halogens is 4. The lowest BCUT2D eigenvalue weighted by Gasteiger charge is -2.27. The molecule has 3 nitrogen and oxygen atoms in total. The summed E-state index contributed by atoms with van der Waals surface area (Å²) in [6.45, 7) is 0.582. The largest absolute Gasteiger partial charge is 0.443 e. The van der Waals surface area contributed by atoms with Crippen molar-refractivity contribution in [2.45, 2.75) is 37.1 Å². The van der Waals surface area contributed by atoms with Crippen LogP contribution in [0.1, 0.15) is 35.4 Å². The molecule has 142 valence electrons. The normalized spacial score (nSPS) is 23.3. The number of hydrogen-bond acceptors (Lipinski definition) is 2. The van der Waals surface area contributed by atoms with Crippen molar-refractivity contribution in [1.82, 2.24) is 4.90 Å². The smallest absolute Gasteiger partial charge is 0.416 e. The van der Waals surface area contributed by atoms with Crippen LogP contribution in [0, 0.1) is 5.82 Å². The van der Waals surface area contributed by atoms with Gasteiger partial charge in [-0.1, -0.05) is 30.3 Å². The summed E-state index contributed by atoms with van der Waals surface area (Å²) in [5.41, 5.74) is 0.241. The second kappa shape index (κ2) is 6.55. The van der Waals surface area contributed by atoms with E-state index in [1.54, 1.807) is 11.0 Å². The highest BCUT2D eigenvalue weighted by atomic mass is 19.4. The molecule has 2 fully saturated rings. The molecule has 4 rings (SSSR count). The van der Waals surface area contributed by atoms with Gasteiger partial charge in [0.05, 0.1) is 11.6 Å². The minimum Gasteiger partial charge on any atom is -0.443 e. The Labute approximate surface area is 153 Å². The summed E-state index contributed by atoms with van der Waals surface area (Å²) in [5.74, 6) is -1.04. The van der Waals surface area contributed by atoms with Crippen LogP contribution in [0.3, 0.4) is 0 Å². The van der Waals surface area contributed by atoms with Gasteiger partial charge in [-0.2, -0.15) is 13.2 Å². The zero-order chi connectivity index (χ0) is 19.2. The van der Waals surface area contributed by atoms with Crippen LogP contribution in [0.25, 0.3) is 0 Å². The molecule has 2 aromatic carbocycles. The van der Waals surface area contributed by atoms with Crippen molar-refractivity contribution in [3.05, 3.63) is 71.0 Å². The number of amides is 1. The topological polar surface area (TPSA) is 29.5 Å². The highest BCUT2D eigenvalue weighted by molar-refractivity contribution is 5.71. The van der Waals surface area contributed by atoms with Crippen molar-refractivity contribution in [2.75, 3.05) is 6.54 Å². The van der Waals surface area contributed by atoms with Crippen LogP contribution in [-0.2, 0) is 10.9 Å². The van der Waals surface area contributed by atoms with Crippen molar-refractivity contribution in [3.63, 3.8) is 0 Å². The van der Waals surface area contributed by atoms with Crippen molar-refractivity contribution >= 4 is 6.09 Å². The molecule has 0 N–H and O–H groups in total. The number of ether oxygens (including phenoxy) is 1. The highest BCUT2D eigenvalue weighted by Gasteiger charge is 2.48. The Morgan fingerprint density at radius 2 is 1.81 bits per heavy atom. The van der Waals surface area contributed by atoms with Gasteiger partial charge in [0.25, 0.3) is 0 Å². The number of benzene rings is 2. The monoisotopic (exact) mass is 379 g/mol. The summed E-state index contributed by atoms with van der Waals surface area (Å²) >= 11 is 0. The quantitative estimate of drug-likeness (QED) is 0.706. The first-order valence-corrected chi connectivity index (χ1v) is 8.74. The summed E-state index contributed by atoms with van der Waals surface area (Å²) < 4.78 is 58.5. The van der Waals surface area contributed by atoms with E-state index in [0.29, 0.717) is 17.7 Å². The molecular weight excluding hydrogens is 362 g/mol. The standard InChI is InChI=1S/C20H17F4NO2/c21-15-8-6-12(7-9-15)17(13-3-1-4-14(11-13)20(22,23)24)18-16-5-2-10-25(16)19(26)27-18/h1,3-4,6-9,11,16-18H,2,5,10H2/t16-,17-,18+/m1/s1. The zero-order valence-corrected chi connectivity index (χ0v) is 14.2. The lowest BCUT2D eigenvalue weighted by Crippen LogP contribution is -2.34. The first-order chi connectivity index (χ1) is 12.8. The lowest BCUT2D eigenvalue weighted by atomic mass is 9.82. The van der Waals surface area contributed by atoms with Crippen LogP contribution in [0.4, 0.5) is 22.4 Å². The maximum Gasteiger partial charge on any atom is 0.416 e. The van der Waals surface area contributed by atoms with Gasteiger partial charge in [0, 0.05) is 12.5 Å². The molecule has 0 saturated carbocycles. The molecule has 0 spiro atoms. The zero-order valence-electron chi connectivity index (χ0n) is 14.2. The number of hydrogen-bond donors (Lipinski definition) is 0. The SMILES string of the molecule is O=C1O[C@H]([C@H](c2ccc(F)cc2)c2cccc(C(F)(F)F)c2)[C@H]2CCCN12. The second-order valence-corrected chi connectivity index (χ2v) is 6.90. The van der Waals surface area contributed by atoms with Crippen LogP contribution in [-0.4, -0.2) is 29.7 Å². The van der Waals surface area contributed by atoms with E-state index in [2.05, 4.69) is 0 Å². The first-order valence-electron chi connectivity index (χ1n) is 8.74. The molecule has 3 atom stereocenters. The summed E-state index contributed by atoms with van der Waals surface area (Å²) in [5, 5.41) is 0. The van der Waals surface area contributed by atoms with E-state index in [4.69, 9.17) is 4.74 Å². The predicted molar refractivity (Wildman–Crippen MR) is 89.7 cm³/mol. The van der Waals surface area contributed by atoms with Crippen molar-refractivity contribution in [2.24, 2.45) is 0 Å². The third-order valence-corrected chi connectivity index (χ3v) is 5.28. The van der Waals surface area contributed by atoms with Crippen LogP contribution in [0.2, 0.25) is 0 Å². The van der Waals surface area contributed by atoms with Gasteiger partial charge in [-0.15, -0.1) is 0 Å². The van der Waals surface area contributed by atoms with E-state index in [0.717, 1.165) is 25.0 Å². The van der Waals surface area contributed by atoms with Gasteiger partial charge in [-0.05, 0) is 42.2 Å². The lowest BCUT2D eigenvalue weighted by molar-refractivity contribution is -0.137. The summed E-state index contributed by atoms with van der Waals surface area (Å²) in [6, 6.07) is 10.4. The van der Waals surface area contributed by atoms with Crippen molar-refractivity contribution in [1.29, 1.82) is 0 Å². The van der Waals surface area contributed by atoms with Gasteiger partial charge in [0.15, 0.2) is 0 Å². The summed E-state index contributed by atoms with van der Waals surface area (Å²) in [7, 11) is 0. The number of carbonyl (C=O) groups is 1. The Balaban J connectivity index is 1.80. The summed E-state index contributed by atoms with van der Waals surface area (Å²) in [4.78, 5) is 13.8. The van der Waals surface area contributed by atoms with Crippen LogP contribution >= 0.6 is 0 Å². The Kier molecular flexibility index (Phi) is 4.32. The highest BCUT2D eigenvalue weighted by Crippen LogP contribution is 2.41. The van der Waals surface area contributed by atoms with E-state index in [1.165, 1.54) is 30.3 Å². The van der Waals surface area contributed by atoms with Gasteiger partial charge in [-0.3, -0.25) is 0 Å². The number of rotatable bonds is 3. The number of alkyl halides is 3. The fraction of sp³-hybridized carbons (Fsp3) is 0.350. The molecule has 0 radical (unpaired) electrons. The third-order valence-electron chi connectivity index (χ3n) is 5.28. The Morgan fingerprint density at radius 3 is 2.52 bits per heavy atom. The van der Waals surface area contributed by atoms with E-state index in [1.807, 2.05) is 0 Å². The van der Waals surface area contributed by atoms with E-state index in [9.17, 15) is 22.4 Å². The Hall–Kier alpha value is -2.57. The van der Waals surface area contributed by atoms with E-state index in [-0.39, 0.29) is 6.04 Å². The second-order valence-electron chi connectivity index (χ2n) is 6.90. The molecule has 1 amide bonds. The van der Waals surface area contributed by atoms with Crippen LogP contribution in [0.15, 0.2) is 48.5 Å². The molecular formula is C20H17F4NO2.